The minimum absolute atomic E-state index is 0.0701. The molecule has 3 N–H and O–H groups in total. The summed E-state index contributed by atoms with van der Waals surface area (Å²) in [5.74, 6) is 0.858. The number of ether oxygens (including phenoxy) is 1. The van der Waals surface area contributed by atoms with Gasteiger partial charge in [0, 0.05) is 0 Å². The Morgan fingerprint density at radius 3 is 2.40 bits per heavy atom. The molecule has 0 saturated carbocycles. The summed E-state index contributed by atoms with van der Waals surface area (Å²) in [6.45, 7) is 7.73. The maximum Gasteiger partial charge on any atom is 0.250 e. The van der Waals surface area contributed by atoms with Crippen molar-refractivity contribution in [2.45, 2.75) is 27.7 Å². The molecule has 1 heterocycles. The van der Waals surface area contributed by atoms with Gasteiger partial charge in [-0.25, -0.2) is 0 Å². The third kappa shape index (κ3) is 2.61. The number of nitrogens with two attached hydrogens (primary N) is 1. The van der Waals surface area contributed by atoms with Crippen LogP contribution in [0.15, 0.2) is 18.2 Å². The summed E-state index contributed by atoms with van der Waals surface area (Å²) in [6.07, 6.45) is 0. The van der Waals surface area contributed by atoms with Crippen molar-refractivity contribution in [1.82, 2.24) is 10.2 Å². The van der Waals surface area contributed by atoms with Gasteiger partial charge in [-0.2, -0.15) is 5.10 Å². The second-order valence-electron chi connectivity index (χ2n) is 4.85. The van der Waals surface area contributed by atoms with Crippen molar-refractivity contribution in [1.29, 1.82) is 5.41 Å². The van der Waals surface area contributed by atoms with Crippen LogP contribution in [-0.4, -0.2) is 16.0 Å². The van der Waals surface area contributed by atoms with Gasteiger partial charge in [0.2, 0.25) is 5.88 Å². The smallest absolute Gasteiger partial charge is 0.250 e. The predicted octanol–water partition coefficient (Wildman–Crippen LogP) is 2.79. The summed E-state index contributed by atoms with van der Waals surface area (Å²) in [4.78, 5) is 0. The van der Waals surface area contributed by atoms with Gasteiger partial charge in [-0.1, -0.05) is 6.07 Å². The Balaban J connectivity index is 2.45. The fraction of sp³-hybridized carbons (Fsp3) is 0.267. The fourth-order valence-electron chi connectivity index (χ4n) is 1.86. The van der Waals surface area contributed by atoms with Crippen molar-refractivity contribution >= 4 is 5.84 Å². The standard InChI is InChI=1S/C15H18N4O/c1-8-5-6-12(7-9(8)2)20-15-13(14(16)17)10(3)11(4)18-19-15/h5-7H,1-4H3,(H3,16,17). The first-order chi connectivity index (χ1) is 9.40. The molecule has 0 bridgehead atoms. The second-order valence-corrected chi connectivity index (χ2v) is 4.85. The van der Waals surface area contributed by atoms with E-state index < -0.39 is 0 Å². The molecule has 20 heavy (non-hydrogen) atoms. The Hall–Kier alpha value is -2.43. The zero-order chi connectivity index (χ0) is 14.9. The van der Waals surface area contributed by atoms with E-state index in [1.54, 1.807) is 0 Å². The maximum atomic E-state index is 7.69. The van der Waals surface area contributed by atoms with Crippen molar-refractivity contribution in [3.8, 4) is 11.6 Å². The number of benzene rings is 1. The molecule has 104 valence electrons. The number of hydrogen-bond acceptors (Lipinski definition) is 4. The number of nitrogens with one attached hydrogen (secondary N) is 1. The van der Waals surface area contributed by atoms with Gasteiger partial charge in [0.05, 0.1) is 11.3 Å². The molecule has 0 aliphatic heterocycles. The van der Waals surface area contributed by atoms with E-state index in [1.165, 1.54) is 5.56 Å². The molecule has 0 unspecified atom stereocenters. The van der Waals surface area contributed by atoms with E-state index >= 15 is 0 Å². The number of amidine groups is 1. The number of nitrogen functional groups attached to an aromatic ring is 1. The Bertz CT molecular complexity index is 680. The van der Waals surface area contributed by atoms with Gasteiger partial charge >= 0.3 is 0 Å². The monoisotopic (exact) mass is 270 g/mol. The molecule has 0 saturated heterocycles. The lowest BCUT2D eigenvalue weighted by Gasteiger charge is -2.12. The van der Waals surface area contributed by atoms with Gasteiger partial charge < -0.3 is 10.5 Å². The first-order valence-corrected chi connectivity index (χ1v) is 6.33. The van der Waals surface area contributed by atoms with Crippen molar-refractivity contribution in [3.63, 3.8) is 0 Å². The molecule has 0 atom stereocenters. The van der Waals surface area contributed by atoms with Gasteiger partial charge in [0.1, 0.15) is 11.6 Å². The average Bonchev–Trinajstić information content (AvgIpc) is 2.38. The van der Waals surface area contributed by atoms with Crippen LogP contribution in [0.1, 0.15) is 27.9 Å². The number of nitrogens with zero attached hydrogens (tertiary/aromatic N) is 2. The van der Waals surface area contributed by atoms with Crippen molar-refractivity contribution in [3.05, 3.63) is 46.1 Å². The van der Waals surface area contributed by atoms with Crippen LogP contribution in [-0.2, 0) is 0 Å². The highest BCUT2D eigenvalue weighted by atomic mass is 16.5. The molecule has 2 aromatic rings. The molecule has 2 rings (SSSR count). The highest BCUT2D eigenvalue weighted by molar-refractivity contribution is 5.98. The number of rotatable bonds is 3. The van der Waals surface area contributed by atoms with Gasteiger partial charge in [-0.15, -0.1) is 5.10 Å². The van der Waals surface area contributed by atoms with Crippen LogP contribution in [0.3, 0.4) is 0 Å². The van der Waals surface area contributed by atoms with Gasteiger partial charge in [0.25, 0.3) is 0 Å². The Labute approximate surface area is 118 Å². The summed E-state index contributed by atoms with van der Waals surface area (Å²) >= 11 is 0. The van der Waals surface area contributed by atoms with Crippen LogP contribution >= 0.6 is 0 Å². The lowest BCUT2D eigenvalue weighted by Crippen LogP contribution is -2.16. The van der Waals surface area contributed by atoms with Crippen LogP contribution in [0.2, 0.25) is 0 Å². The molecule has 0 spiro atoms. The third-order valence-electron chi connectivity index (χ3n) is 3.38. The molecule has 0 amide bonds. The topological polar surface area (TPSA) is 84.9 Å². The number of aromatic nitrogens is 2. The molecule has 0 aliphatic rings. The fourth-order valence-corrected chi connectivity index (χ4v) is 1.86. The van der Waals surface area contributed by atoms with Gasteiger partial charge in [0.15, 0.2) is 0 Å². The van der Waals surface area contributed by atoms with E-state index in [-0.39, 0.29) is 11.7 Å². The van der Waals surface area contributed by atoms with Crippen LogP contribution in [0.5, 0.6) is 11.6 Å². The molecule has 5 nitrogen and oxygen atoms in total. The summed E-state index contributed by atoms with van der Waals surface area (Å²) in [7, 11) is 0. The van der Waals surface area contributed by atoms with Crippen LogP contribution < -0.4 is 10.5 Å². The van der Waals surface area contributed by atoms with Crippen molar-refractivity contribution in [2.75, 3.05) is 0 Å². The van der Waals surface area contributed by atoms with Crippen molar-refractivity contribution < 1.29 is 4.74 Å². The molecule has 1 aromatic carbocycles. The van der Waals surface area contributed by atoms with Gasteiger partial charge in [-0.05, 0) is 56.5 Å². The lowest BCUT2D eigenvalue weighted by molar-refractivity contribution is 0.452. The van der Waals surface area contributed by atoms with Crippen molar-refractivity contribution in [2.24, 2.45) is 5.73 Å². The average molecular weight is 270 g/mol. The molecule has 0 fully saturated rings. The molecule has 5 heteroatoms. The van der Waals surface area contributed by atoms with Crippen LogP contribution in [0.25, 0.3) is 0 Å². The maximum absolute atomic E-state index is 7.69. The summed E-state index contributed by atoms with van der Waals surface area (Å²) in [6, 6.07) is 5.77. The number of aryl methyl sites for hydroxylation is 3. The molecular formula is C15H18N4O. The van der Waals surface area contributed by atoms with E-state index in [9.17, 15) is 0 Å². The highest BCUT2D eigenvalue weighted by Gasteiger charge is 2.15. The zero-order valence-corrected chi connectivity index (χ0v) is 12.1. The first kappa shape index (κ1) is 14.0. The van der Waals surface area contributed by atoms with E-state index in [0.29, 0.717) is 11.3 Å². The molecule has 0 radical (unpaired) electrons. The zero-order valence-electron chi connectivity index (χ0n) is 12.1. The minimum atomic E-state index is -0.0701. The van der Waals surface area contributed by atoms with E-state index in [1.807, 2.05) is 45.9 Å². The highest BCUT2D eigenvalue weighted by Crippen LogP contribution is 2.26. The van der Waals surface area contributed by atoms with E-state index in [4.69, 9.17) is 15.9 Å². The molecule has 1 aromatic heterocycles. The van der Waals surface area contributed by atoms with Gasteiger partial charge in [-0.3, -0.25) is 5.41 Å². The Kier molecular flexibility index (Phi) is 3.70. The summed E-state index contributed by atoms with van der Waals surface area (Å²) in [5.41, 5.74) is 9.99. The minimum Gasteiger partial charge on any atom is -0.437 e. The predicted molar refractivity (Wildman–Crippen MR) is 78.5 cm³/mol. The quantitative estimate of drug-likeness (QED) is 0.663. The SMILES string of the molecule is Cc1ccc(Oc2nnc(C)c(C)c2C(=N)N)cc1C. The van der Waals surface area contributed by atoms with E-state index in [2.05, 4.69) is 10.2 Å². The largest absolute Gasteiger partial charge is 0.437 e. The Morgan fingerprint density at radius 1 is 1.10 bits per heavy atom. The van der Waals surface area contributed by atoms with E-state index in [0.717, 1.165) is 16.8 Å². The third-order valence-corrected chi connectivity index (χ3v) is 3.38. The summed E-state index contributed by atoms with van der Waals surface area (Å²) < 4.78 is 5.75. The Morgan fingerprint density at radius 2 is 1.80 bits per heavy atom. The molecular weight excluding hydrogens is 252 g/mol. The van der Waals surface area contributed by atoms with Crippen LogP contribution in [0.4, 0.5) is 0 Å². The number of hydrogen-bond donors (Lipinski definition) is 2. The van der Waals surface area contributed by atoms with Crippen LogP contribution in [0, 0.1) is 33.1 Å². The molecule has 0 aliphatic carbocycles. The first-order valence-electron chi connectivity index (χ1n) is 6.33. The second kappa shape index (κ2) is 5.28. The summed E-state index contributed by atoms with van der Waals surface area (Å²) in [5, 5.41) is 15.7. The lowest BCUT2D eigenvalue weighted by atomic mass is 10.1. The normalized spacial score (nSPS) is 10.4.